The van der Waals surface area contributed by atoms with Crippen molar-refractivity contribution in [3.63, 3.8) is 0 Å². The zero-order valence-corrected chi connectivity index (χ0v) is 9.35. The first-order valence-electron chi connectivity index (χ1n) is 4.79. The van der Waals surface area contributed by atoms with Crippen LogP contribution in [0.25, 0.3) is 0 Å². The van der Waals surface area contributed by atoms with Crippen molar-refractivity contribution in [3.05, 3.63) is 28.2 Å². The van der Waals surface area contributed by atoms with Crippen LogP contribution in [0.5, 0.6) is 0 Å². The monoisotopic (exact) mass is 258 g/mol. The molecule has 0 spiro atoms. The van der Waals surface area contributed by atoms with Crippen LogP contribution >= 0.6 is 15.9 Å². The number of nitrogens with zero attached hydrogens (tertiary/aromatic N) is 1. The highest BCUT2D eigenvalue weighted by atomic mass is 79.9. The molecule has 0 radical (unpaired) electrons. The molecule has 2 heterocycles. The summed E-state index contributed by atoms with van der Waals surface area (Å²) in [5.41, 5.74) is 0.851. The molecule has 76 valence electrons. The number of rotatable bonds is 1. The molecule has 1 aliphatic heterocycles. The van der Waals surface area contributed by atoms with Gasteiger partial charge in [0, 0.05) is 28.7 Å². The first kappa shape index (κ1) is 10.1. The quantitative estimate of drug-likeness (QED) is 0.783. The molecule has 14 heavy (non-hydrogen) atoms. The SMILES string of the molecule is Fc1cc(Br)cc(C2CCCNC2)n1. The van der Waals surface area contributed by atoms with Gasteiger partial charge in [0.2, 0.25) is 5.95 Å². The third kappa shape index (κ3) is 2.30. The van der Waals surface area contributed by atoms with Crippen LogP contribution in [-0.2, 0) is 0 Å². The molecule has 0 amide bonds. The largest absolute Gasteiger partial charge is 0.316 e. The molecule has 1 saturated heterocycles. The summed E-state index contributed by atoms with van der Waals surface area (Å²) in [5, 5.41) is 3.29. The minimum absolute atomic E-state index is 0.357. The summed E-state index contributed by atoms with van der Waals surface area (Å²) in [6, 6.07) is 3.29. The summed E-state index contributed by atoms with van der Waals surface area (Å²) in [6.07, 6.45) is 2.23. The van der Waals surface area contributed by atoms with Crippen LogP contribution in [0, 0.1) is 5.95 Å². The molecule has 2 rings (SSSR count). The molecule has 0 aromatic carbocycles. The fraction of sp³-hybridized carbons (Fsp3) is 0.500. The number of pyridine rings is 1. The minimum atomic E-state index is -0.403. The van der Waals surface area contributed by atoms with Gasteiger partial charge in [-0.2, -0.15) is 4.39 Å². The number of nitrogens with one attached hydrogen (secondary N) is 1. The van der Waals surface area contributed by atoms with Gasteiger partial charge in [-0.25, -0.2) is 4.98 Å². The normalized spacial score (nSPS) is 22.3. The van der Waals surface area contributed by atoms with Gasteiger partial charge in [0.15, 0.2) is 0 Å². The molecular formula is C10H12BrFN2. The highest BCUT2D eigenvalue weighted by molar-refractivity contribution is 9.10. The van der Waals surface area contributed by atoms with Crippen LogP contribution in [0.1, 0.15) is 24.5 Å². The Kier molecular flexibility index (Phi) is 3.13. The maximum Gasteiger partial charge on any atom is 0.214 e. The summed E-state index contributed by atoms with van der Waals surface area (Å²) in [4.78, 5) is 3.92. The third-order valence-electron chi connectivity index (χ3n) is 2.49. The van der Waals surface area contributed by atoms with E-state index in [1.54, 1.807) is 0 Å². The molecule has 1 N–H and O–H groups in total. The van der Waals surface area contributed by atoms with Crippen molar-refractivity contribution in [2.75, 3.05) is 13.1 Å². The molecule has 1 unspecified atom stereocenters. The van der Waals surface area contributed by atoms with Crippen LogP contribution in [-0.4, -0.2) is 18.1 Å². The first-order valence-corrected chi connectivity index (χ1v) is 5.59. The van der Waals surface area contributed by atoms with Crippen molar-refractivity contribution < 1.29 is 4.39 Å². The number of hydrogen-bond acceptors (Lipinski definition) is 2. The summed E-state index contributed by atoms with van der Waals surface area (Å²) in [7, 11) is 0. The second-order valence-electron chi connectivity index (χ2n) is 3.58. The molecule has 1 aromatic heterocycles. The Bertz CT molecular complexity index is 304. The average Bonchev–Trinajstić information content (AvgIpc) is 2.18. The molecule has 4 heteroatoms. The molecule has 0 bridgehead atoms. The van der Waals surface area contributed by atoms with E-state index < -0.39 is 5.95 Å². The standard InChI is InChI=1S/C10H12BrFN2/c11-8-4-9(14-10(12)5-8)7-2-1-3-13-6-7/h4-5,7,13H,1-3,6H2. The zero-order valence-electron chi connectivity index (χ0n) is 7.76. The summed E-state index contributed by atoms with van der Waals surface area (Å²) < 4.78 is 13.8. The van der Waals surface area contributed by atoms with Gasteiger partial charge in [-0.1, -0.05) is 15.9 Å². The molecule has 1 fully saturated rings. The molecule has 0 aliphatic carbocycles. The molecular weight excluding hydrogens is 247 g/mol. The number of hydrogen-bond donors (Lipinski definition) is 1. The minimum Gasteiger partial charge on any atom is -0.316 e. The van der Waals surface area contributed by atoms with Gasteiger partial charge in [0.05, 0.1) is 0 Å². The predicted octanol–water partition coefficient (Wildman–Crippen LogP) is 2.45. The Balaban J connectivity index is 2.21. The highest BCUT2D eigenvalue weighted by Gasteiger charge is 2.17. The maximum absolute atomic E-state index is 13.0. The fourth-order valence-electron chi connectivity index (χ4n) is 1.80. The van der Waals surface area contributed by atoms with E-state index in [1.165, 1.54) is 6.07 Å². The Morgan fingerprint density at radius 2 is 2.36 bits per heavy atom. The summed E-state index contributed by atoms with van der Waals surface area (Å²) in [5.74, 6) is -0.0456. The van der Waals surface area contributed by atoms with Crippen LogP contribution in [0.2, 0.25) is 0 Å². The third-order valence-corrected chi connectivity index (χ3v) is 2.95. The molecule has 1 atom stereocenters. The van der Waals surface area contributed by atoms with Crippen molar-refractivity contribution in [2.45, 2.75) is 18.8 Å². The topological polar surface area (TPSA) is 24.9 Å². The second-order valence-corrected chi connectivity index (χ2v) is 4.49. The summed E-state index contributed by atoms with van der Waals surface area (Å²) >= 11 is 3.28. The number of piperidine rings is 1. The van der Waals surface area contributed by atoms with E-state index in [4.69, 9.17) is 0 Å². The van der Waals surface area contributed by atoms with Gasteiger partial charge in [-0.05, 0) is 25.5 Å². The lowest BCUT2D eigenvalue weighted by Crippen LogP contribution is -2.28. The van der Waals surface area contributed by atoms with Crippen LogP contribution in [0.4, 0.5) is 4.39 Å². The van der Waals surface area contributed by atoms with Crippen molar-refractivity contribution in [2.24, 2.45) is 0 Å². The average molecular weight is 259 g/mol. The van der Waals surface area contributed by atoms with Gasteiger partial charge >= 0.3 is 0 Å². The van der Waals surface area contributed by atoms with Crippen molar-refractivity contribution in [3.8, 4) is 0 Å². The Hall–Kier alpha value is -0.480. The Morgan fingerprint density at radius 3 is 3.00 bits per heavy atom. The summed E-state index contributed by atoms with van der Waals surface area (Å²) in [6.45, 7) is 1.97. The van der Waals surface area contributed by atoms with Crippen molar-refractivity contribution >= 4 is 15.9 Å². The van der Waals surface area contributed by atoms with Gasteiger partial charge in [-0.15, -0.1) is 0 Å². The lowest BCUT2D eigenvalue weighted by molar-refractivity contribution is 0.447. The lowest BCUT2D eigenvalue weighted by atomic mass is 9.96. The van der Waals surface area contributed by atoms with Gasteiger partial charge in [-0.3, -0.25) is 0 Å². The molecule has 2 nitrogen and oxygen atoms in total. The Morgan fingerprint density at radius 1 is 1.50 bits per heavy atom. The molecule has 1 aromatic rings. The second kappa shape index (κ2) is 4.36. The lowest BCUT2D eigenvalue weighted by Gasteiger charge is -2.22. The van der Waals surface area contributed by atoms with Crippen molar-refractivity contribution in [1.82, 2.24) is 10.3 Å². The van der Waals surface area contributed by atoms with E-state index in [9.17, 15) is 4.39 Å². The maximum atomic E-state index is 13.0. The van der Waals surface area contributed by atoms with Crippen LogP contribution in [0.3, 0.4) is 0 Å². The van der Waals surface area contributed by atoms with E-state index >= 15 is 0 Å². The number of halogens is 2. The van der Waals surface area contributed by atoms with E-state index in [-0.39, 0.29) is 0 Å². The van der Waals surface area contributed by atoms with Gasteiger partial charge in [0.25, 0.3) is 0 Å². The molecule has 0 saturated carbocycles. The smallest absolute Gasteiger partial charge is 0.214 e. The van der Waals surface area contributed by atoms with Gasteiger partial charge < -0.3 is 5.32 Å². The van der Waals surface area contributed by atoms with Crippen molar-refractivity contribution in [1.29, 1.82) is 0 Å². The van der Waals surface area contributed by atoms with E-state index in [1.807, 2.05) is 6.07 Å². The zero-order chi connectivity index (χ0) is 9.97. The predicted molar refractivity (Wildman–Crippen MR) is 56.7 cm³/mol. The first-order chi connectivity index (χ1) is 6.75. The van der Waals surface area contributed by atoms with Crippen LogP contribution < -0.4 is 5.32 Å². The molecule has 1 aliphatic rings. The fourth-order valence-corrected chi connectivity index (χ4v) is 2.22. The van der Waals surface area contributed by atoms with E-state index in [2.05, 4.69) is 26.2 Å². The van der Waals surface area contributed by atoms with E-state index in [0.717, 1.165) is 36.1 Å². The number of aromatic nitrogens is 1. The van der Waals surface area contributed by atoms with E-state index in [0.29, 0.717) is 5.92 Å². The van der Waals surface area contributed by atoms with Gasteiger partial charge in [0.1, 0.15) is 0 Å². The van der Waals surface area contributed by atoms with Crippen LogP contribution in [0.15, 0.2) is 16.6 Å². The highest BCUT2D eigenvalue weighted by Crippen LogP contribution is 2.24. The Labute approximate surface area is 91.1 Å².